The van der Waals surface area contributed by atoms with Crippen molar-refractivity contribution in [3.8, 4) is 0 Å². The van der Waals surface area contributed by atoms with E-state index in [1.54, 1.807) is 0 Å². The Morgan fingerprint density at radius 3 is 2.50 bits per heavy atom. The summed E-state index contributed by atoms with van der Waals surface area (Å²) in [6.45, 7) is 9.07. The topological polar surface area (TPSA) is 10.4 Å². The van der Waals surface area contributed by atoms with Gasteiger partial charge in [0, 0.05) is 23.6 Å². The SMILES string of the molecule is CCN(CC)CCCCN1C(=Cc2cc[n+](C)cc2)Sc2ccccc21. The Hall–Kier alpha value is -1.78. The molecule has 1 aromatic heterocycles. The van der Waals surface area contributed by atoms with Crippen LogP contribution in [0.5, 0.6) is 0 Å². The van der Waals surface area contributed by atoms with Crippen molar-refractivity contribution >= 4 is 23.5 Å². The molecule has 0 spiro atoms. The average molecular weight is 369 g/mol. The summed E-state index contributed by atoms with van der Waals surface area (Å²) in [4.78, 5) is 6.37. The van der Waals surface area contributed by atoms with Crippen molar-refractivity contribution < 1.29 is 4.57 Å². The number of anilines is 1. The third-order valence-corrected chi connectivity index (χ3v) is 6.04. The Balaban J connectivity index is 1.71. The van der Waals surface area contributed by atoms with Crippen LogP contribution in [-0.2, 0) is 7.05 Å². The van der Waals surface area contributed by atoms with E-state index < -0.39 is 0 Å². The predicted molar refractivity (Wildman–Crippen MR) is 112 cm³/mol. The normalized spacial score (nSPS) is 15.1. The molecule has 0 saturated carbocycles. The molecule has 1 aliphatic rings. The van der Waals surface area contributed by atoms with E-state index in [9.17, 15) is 0 Å². The predicted octanol–water partition coefficient (Wildman–Crippen LogP) is 4.54. The standard InChI is InChI=1S/C22H30N3S/c1-4-24(5-2)14-8-9-15-25-20-10-6-7-11-21(20)26-22(25)18-19-12-16-23(3)17-13-19/h6-7,10-13,16-18H,4-5,8-9,14-15H2,1-3H3/q+1. The largest absolute Gasteiger partial charge is 0.335 e. The van der Waals surface area contributed by atoms with Gasteiger partial charge in [0.05, 0.1) is 10.7 Å². The van der Waals surface area contributed by atoms with Gasteiger partial charge in [-0.15, -0.1) is 0 Å². The molecule has 0 aliphatic carbocycles. The molecule has 26 heavy (non-hydrogen) atoms. The first-order valence-corrected chi connectivity index (χ1v) is 10.5. The zero-order valence-electron chi connectivity index (χ0n) is 16.2. The van der Waals surface area contributed by atoms with Gasteiger partial charge in [0.2, 0.25) is 0 Å². The molecule has 1 aromatic carbocycles. The minimum Gasteiger partial charge on any atom is -0.335 e. The lowest BCUT2D eigenvalue weighted by Gasteiger charge is -2.22. The number of aromatic nitrogens is 1. The van der Waals surface area contributed by atoms with E-state index in [1.165, 1.54) is 40.6 Å². The maximum Gasteiger partial charge on any atom is 0.169 e. The maximum absolute atomic E-state index is 2.51. The number of aryl methyl sites for hydroxylation is 1. The monoisotopic (exact) mass is 368 g/mol. The summed E-state index contributed by atoms with van der Waals surface area (Å²) < 4.78 is 2.07. The van der Waals surface area contributed by atoms with Crippen LogP contribution in [0.2, 0.25) is 0 Å². The van der Waals surface area contributed by atoms with Crippen molar-refractivity contribution in [2.45, 2.75) is 31.6 Å². The lowest BCUT2D eigenvalue weighted by molar-refractivity contribution is -0.671. The highest BCUT2D eigenvalue weighted by atomic mass is 32.2. The number of thioether (sulfide) groups is 1. The summed E-state index contributed by atoms with van der Waals surface area (Å²) in [5.41, 5.74) is 2.61. The molecule has 0 radical (unpaired) electrons. The van der Waals surface area contributed by atoms with Gasteiger partial charge >= 0.3 is 0 Å². The molecule has 0 amide bonds. The van der Waals surface area contributed by atoms with Gasteiger partial charge in [0.1, 0.15) is 7.05 Å². The first-order valence-electron chi connectivity index (χ1n) is 9.65. The molecule has 138 valence electrons. The molecule has 4 heteroatoms. The number of nitrogens with zero attached hydrogens (tertiary/aromatic N) is 3. The molecular formula is C22H30N3S+. The summed E-state index contributed by atoms with van der Waals surface area (Å²) >= 11 is 1.89. The second-order valence-corrected chi connectivity index (χ2v) is 7.80. The number of fused-ring (bicyclic) bond motifs is 1. The first kappa shape index (κ1) is 19.0. The quantitative estimate of drug-likeness (QED) is 0.500. The number of pyridine rings is 1. The second kappa shape index (κ2) is 9.24. The number of para-hydroxylation sites is 1. The molecule has 3 rings (SSSR count). The molecule has 0 saturated heterocycles. The third kappa shape index (κ3) is 4.68. The minimum absolute atomic E-state index is 1.08. The van der Waals surface area contributed by atoms with Crippen LogP contribution >= 0.6 is 11.8 Å². The first-order chi connectivity index (χ1) is 12.7. The molecule has 2 aromatic rings. The van der Waals surface area contributed by atoms with Crippen LogP contribution in [-0.4, -0.2) is 31.1 Å². The van der Waals surface area contributed by atoms with Crippen LogP contribution in [0.25, 0.3) is 6.08 Å². The molecular weight excluding hydrogens is 338 g/mol. The van der Waals surface area contributed by atoms with Crippen molar-refractivity contribution in [2.24, 2.45) is 7.05 Å². The van der Waals surface area contributed by atoms with Gasteiger partial charge in [-0.3, -0.25) is 0 Å². The lowest BCUT2D eigenvalue weighted by Crippen LogP contribution is -2.26. The zero-order valence-corrected chi connectivity index (χ0v) is 17.0. The van der Waals surface area contributed by atoms with E-state index in [4.69, 9.17) is 0 Å². The summed E-state index contributed by atoms with van der Waals surface area (Å²) in [6.07, 6.45) is 8.99. The molecule has 0 N–H and O–H groups in total. The van der Waals surface area contributed by atoms with Crippen molar-refractivity contribution in [1.82, 2.24) is 4.90 Å². The number of hydrogen-bond donors (Lipinski definition) is 0. The van der Waals surface area contributed by atoms with E-state index >= 15 is 0 Å². The number of hydrogen-bond acceptors (Lipinski definition) is 3. The number of rotatable bonds is 8. The van der Waals surface area contributed by atoms with Crippen LogP contribution in [0.1, 0.15) is 32.3 Å². The fourth-order valence-electron chi connectivity index (χ4n) is 3.29. The third-order valence-electron chi connectivity index (χ3n) is 4.93. The van der Waals surface area contributed by atoms with Gasteiger partial charge in [-0.05, 0) is 56.2 Å². The molecule has 0 fully saturated rings. The van der Waals surface area contributed by atoms with E-state index in [2.05, 4.69) is 90.1 Å². The van der Waals surface area contributed by atoms with Crippen LogP contribution in [0.3, 0.4) is 0 Å². The minimum atomic E-state index is 1.08. The highest BCUT2D eigenvalue weighted by Crippen LogP contribution is 2.46. The van der Waals surface area contributed by atoms with Gasteiger partial charge in [0.15, 0.2) is 12.4 Å². The fraction of sp³-hybridized carbons (Fsp3) is 0.409. The van der Waals surface area contributed by atoms with Crippen molar-refractivity contribution in [2.75, 3.05) is 31.1 Å². The summed E-state index contributed by atoms with van der Waals surface area (Å²) in [7, 11) is 2.05. The maximum atomic E-state index is 2.51. The molecule has 2 heterocycles. The molecule has 3 nitrogen and oxygen atoms in total. The van der Waals surface area contributed by atoms with E-state index in [0.717, 1.165) is 19.6 Å². The Bertz CT molecular complexity index is 735. The van der Waals surface area contributed by atoms with Crippen LogP contribution in [0.15, 0.2) is 58.7 Å². The Kier molecular flexibility index (Phi) is 6.75. The van der Waals surface area contributed by atoms with Gasteiger partial charge < -0.3 is 9.80 Å². The lowest BCUT2D eigenvalue weighted by atomic mass is 10.2. The van der Waals surface area contributed by atoms with Gasteiger partial charge in [-0.1, -0.05) is 37.7 Å². The average Bonchev–Trinajstić information content (AvgIpc) is 3.01. The summed E-state index contributed by atoms with van der Waals surface area (Å²) in [6, 6.07) is 13.1. The van der Waals surface area contributed by atoms with Gasteiger partial charge in [-0.25, -0.2) is 4.57 Å². The Morgan fingerprint density at radius 2 is 1.77 bits per heavy atom. The Morgan fingerprint density at radius 1 is 1.04 bits per heavy atom. The Labute approximate surface area is 162 Å². The van der Waals surface area contributed by atoms with E-state index in [0.29, 0.717) is 0 Å². The number of benzene rings is 1. The van der Waals surface area contributed by atoms with Crippen LogP contribution in [0.4, 0.5) is 5.69 Å². The van der Waals surface area contributed by atoms with Gasteiger partial charge in [0.25, 0.3) is 0 Å². The van der Waals surface area contributed by atoms with Crippen molar-refractivity contribution in [3.63, 3.8) is 0 Å². The van der Waals surface area contributed by atoms with Gasteiger partial charge in [-0.2, -0.15) is 0 Å². The molecule has 0 unspecified atom stereocenters. The smallest absolute Gasteiger partial charge is 0.169 e. The van der Waals surface area contributed by atoms with E-state index in [1.807, 2.05) is 11.8 Å². The summed E-state index contributed by atoms with van der Waals surface area (Å²) in [5.74, 6) is 0. The number of unbranched alkanes of at least 4 members (excludes halogenated alkanes) is 1. The van der Waals surface area contributed by atoms with Crippen LogP contribution in [0, 0.1) is 0 Å². The molecule has 1 aliphatic heterocycles. The highest BCUT2D eigenvalue weighted by Gasteiger charge is 2.24. The van der Waals surface area contributed by atoms with Crippen molar-refractivity contribution in [3.05, 3.63) is 59.4 Å². The molecule has 0 bridgehead atoms. The fourth-order valence-corrected chi connectivity index (χ4v) is 4.44. The highest BCUT2D eigenvalue weighted by molar-refractivity contribution is 8.03. The molecule has 0 atom stereocenters. The summed E-state index contributed by atoms with van der Waals surface area (Å²) in [5, 5.41) is 1.34. The second-order valence-electron chi connectivity index (χ2n) is 6.73. The van der Waals surface area contributed by atoms with Crippen molar-refractivity contribution in [1.29, 1.82) is 0 Å². The zero-order chi connectivity index (χ0) is 18.4. The van der Waals surface area contributed by atoms with E-state index in [-0.39, 0.29) is 0 Å². The van der Waals surface area contributed by atoms with Crippen LogP contribution < -0.4 is 9.47 Å².